The number of rotatable bonds is 5. The van der Waals surface area contributed by atoms with Gasteiger partial charge in [0.05, 0.1) is 7.11 Å². The Hall–Kier alpha value is -1.81. The average Bonchev–Trinajstić information content (AvgIpc) is 3.28. The van der Waals surface area contributed by atoms with E-state index in [1.807, 2.05) is 30.5 Å². The summed E-state index contributed by atoms with van der Waals surface area (Å²) in [6.45, 7) is 0.772. The van der Waals surface area contributed by atoms with Gasteiger partial charge >= 0.3 is 0 Å². The molecule has 3 N–H and O–H groups in total. The van der Waals surface area contributed by atoms with Crippen molar-refractivity contribution < 1.29 is 4.74 Å². The maximum absolute atomic E-state index is 6.11. The number of hydrogen-bond acceptors (Lipinski definition) is 4. The van der Waals surface area contributed by atoms with Crippen LogP contribution in [0.3, 0.4) is 0 Å². The first-order valence-corrected chi connectivity index (χ1v) is 6.70. The van der Waals surface area contributed by atoms with Gasteiger partial charge in [-0.3, -0.25) is 0 Å². The molecule has 1 aliphatic rings. The highest BCUT2D eigenvalue weighted by Crippen LogP contribution is 2.32. The van der Waals surface area contributed by atoms with Crippen molar-refractivity contribution in [1.82, 2.24) is 4.98 Å². The molecule has 0 spiro atoms. The van der Waals surface area contributed by atoms with Crippen molar-refractivity contribution in [3.05, 3.63) is 30.5 Å². The van der Waals surface area contributed by atoms with Crippen LogP contribution in [0.15, 0.2) is 30.5 Å². The molecule has 1 fully saturated rings. The molecule has 19 heavy (non-hydrogen) atoms. The number of nitrogens with one attached hydrogen (secondary N) is 1. The van der Waals surface area contributed by atoms with E-state index in [0.29, 0.717) is 5.92 Å². The Balaban J connectivity index is 1.84. The summed E-state index contributed by atoms with van der Waals surface area (Å²) < 4.78 is 5.27. The van der Waals surface area contributed by atoms with Crippen molar-refractivity contribution >= 4 is 16.6 Å². The molecule has 0 radical (unpaired) electrons. The molecule has 0 saturated heterocycles. The Bertz CT molecular complexity index is 581. The minimum absolute atomic E-state index is 0.225. The molecule has 4 nitrogen and oxygen atoms in total. The highest BCUT2D eigenvalue weighted by Gasteiger charge is 2.28. The summed E-state index contributed by atoms with van der Waals surface area (Å²) in [4.78, 5) is 4.41. The van der Waals surface area contributed by atoms with Crippen LogP contribution >= 0.6 is 0 Å². The van der Waals surface area contributed by atoms with Gasteiger partial charge in [0.15, 0.2) is 0 Å². The Labute approximate surface area is 113 Å². The van der Waals surface area contributed by atoms with Gasteiger partial charge in [0.2, 0.25) is 0 Å². The van der Waals surface area contributed by atoms with E-state index in [-0.39, 0.29) is 6.04 Å². The zero-order chi connectivity index (χ0) is 13.2. The molecule has 1 saturated carbocycles. The van der Waals surface area contributed by atoms with E-state index < -0.39 is 0 Å². The summed E-state index contributed by atoms with van der Waals surface area (Å²) in [6.07, 6.45) is 4.35. The SMILES string of the molecule is COc1ccc2ccnc(NCC(N)C3CC3)c2c1. The van der Waals surface area contributed by atoms with Gasteiger partial charge in [-0.1, -0.05) is 6.07 Å². The van der Waals surface area contributed by atoms with Crippen molar-refractivity contribution in [2.45, 2.75) is 18.9 Å². The molecule has 1 heterocycles. The van der Waals surface area contributed by atoms with Crippen molar-refractivity contribution in [3.8, 4) is 5.75 Å². The summed E-state index contributed by atoms with van der Waals surface area (Å²) in [5.41, 5.74) is 6.11. The lowest BCUT2D eigenvalue weighted by molar-refractivity contribution is 0.415. The van der Waals surface area contributed by atoms with E-state index in [9.17, 15) is 0 Å². The van der Waals surface area contributed by atoms with Crippen LogP contribution in [0.4, 0.5) is 5.82 Å². The predicted octanol–water partition coefficient (Wildman–Crippen LogP) is 2.39. The van der Waals surface area contributed by atoms with Crippen molar-refractivity contribution in [1.29, 1.82) is 0 Å². The van der Waals surface area contributed by atoms with Crippen LogP contribution in [0.5, 0.6) is 5.75 Å². The second-order valence-corrected chi connectivity index (χ2v) is 5.13. The lowest BCUT2D eigenvalue weighted by atomic mass is 10.1. The molecule has 0 amide bonds. The molecule has 2 aromatic rings. The number of nitrogens with two attached hydrogens (primary N) is 1. The number of pyridine rings is 1. The highest BCUT2D eigenvalue weighted by atomic mass is 16.5. The van der Waals surface area contributed by atoms with E-state index in [4.69, 9.17) is 10.5 Å². The molecule has 4 heteroatoms. The van der Waals surface area contributed by atoms with Gasteiger partial charge in [0.25, 0.3) is 0 Å². The quantitative estimate of drug-likeness (QED) is 0.863. The van der Waals surface area contributed by atoms with Crippen molar-refractivity contribution in [2.24, 2.45) is 11.7 Å². The molecule has 0 bridgehead atoms. The first-order chi connectivity index (χ1) is 9.28. The first-order valence-electron chi connectivity index (χ1n) is 6.70. The standard InChI is InChI=1S/C15H19N3O/c1-19-12-5-4-10-6-7-17-15(13(10)8-12)18-9-14(16)11-2-3-11/h4-8,11,14H,2-3,9,16H2,1H3,(H,17,18). The van der Waals surface area contributed by atoms with Gasteiger partial charge in [-0.15, -0.1) is 0 Å². The molecular weight excluding hydrogens is 238 g/mol. The third kappa shape index (κ3) is 2.63. The summed E-state index contributed by atoms with van der Waals surface area (Å²) >= 11 is 0. The molecule has 1 unspecified atom stereocenters. The van der Waals surface area contributed by atoms with E-state index in [1.54, 1.807) is 7.11 Å². The molecular formula is C15H19N3O. The maximum Gasteiger partial charge on any atom is 0.134 e. The lowest BCUT2D eigenvalue weighted by Crippen LogP contribution is -2.31. The zero-order valence-corrected chi connectivity index (χ0v) is 11.1. The first kappa shape index (κ1) is 12.2. The predicted molar refractivity (Wildman–Crippen MR) is 77.5 cm³/mol. The average molecular weight is 257 g/mol. The number of aromatic nitrogens is 1. The highest BCUT2D eigenvalue weighted by molar-refractivity contribution is 5.92. The monoisotopic (exact) mass is 257 g/mol. The van der Waals surface area contributed by atoms with Crippen LogP contribution in [0.2, 0.25) is 0 Å². The number of ether oxygens (including phenoxy) is 1. The fraction of sp³-hybridized carbons (Fsp3) is 0.400. The van der Waals surface area contributed by atoms with Crippen LogP contribution in [-0.2, 0) is 0 Å². The normalized spacial score (nSPS) is 16.3. The van der Waals surface area contributed by atoms with Gasteiger partial charge in [-0.25, -0.2) is 4.98 Å². The largest absolute Gasteiger partial charge is 0.497 e. The van der Waals surface area contributed by atoms with Crippen LogP contribution in [0.1, 0.15) is 12.8 Å². The summed E-state index contributed by atoms with van der Waals surface area (Å²) in [5, 5.41) is 5.59. The Morgan fingerprint density at radius 3 is 3.00 bits per heavy atom. The minimum Gasteiger partial charge on any atom is -0.497 e. The van der Waals surface area contributed by atoms with Crippen molar-refractivity contribution in [3.63, 3.8) is 0 Å². The zero-order valence-electron chi connectivity index (χ0n) is 11.1. The third-order valence-corrected chi connectivity index (χ3v) is 3.71. The fourth-order valence-electron chi connectivity index (χ4n) is 2.32. The second-order valence-electron chi connectivity index (χ2n) is 5.13. The van der Waals surface area contributed by atoms with Gasteiger partial charge in [0, 0.05) is 24.2 Å². The lowest BCUT2D eigenvalue weighted by Gasteiger charge is -2.14. The molecule has 100 valence electrons. The summed E-state index contributed by atoms with van der Waals surface area (Å²) in [7, 11) is 1.67. The van der Waals surface area contributed by atoms with Gasteiger partial charge in [-0.05, 0) is 42.3 Å². The van der Waals surface area contributed by atoms with E-state index in [1.165, 1.54) is 12.8 Å². The van der Waals surface area contributed by atoms with Crippen molar-refractivity contribution in [2.75, 3.05) is 19.0 Å². The van der Waals surface area contributed by atoms with E-state index in [0.717, 1.165) is 28.9 Å². The number of methoxy groups -OCH3 is 1. The fourth-order valence-corrected chi connectivity index (χ4v) is 2.32. The summed E-state index contributed by atoms with van der Waals surface area (Å²) in [6, 6.07) is 8.24. The van der Waals surface area contributed by atoms with Gasteiger partial charge < -0.3 is 15.8 Å². The number of fused-ring (bicyclic) bond motifs is 1. The maximum atomic E-state index is 6.11. The smallest absolute Gasteiger partial charge is 0.134 e. The van der Waals surface area contributed by atoms with Crippen LogP contribution < -0.4 is 15.8 Å². The van der Waals surface area contributed by atoms with Crippen LogP contribution in [0.25, 0.3) is 10.8 Å². The van der Waals surface area contributed by atoms with Crippen LogP contribution in [-0.4, -0.2) is 24.7 Å². The third-order valence-electron chi connectivity index (χ3n) is 3.71. The Morgan fingerprint density at radius 2 is 2.26 bits per heavy atom. The topological polar surface area (TPSA) is 60.2 Å². The van der Waals surface area contributed by atoms with Gasteiger partial charge in [-0.2, -0.15) is 0 Å². The number of hydrogen-bond donors (Lipinski definition) is 2. The summed E-state index contributed by atoms with van der Waals surface area (Å²) in [5.74, 6) is 2.42. The molecule has 1 aromatic carbocycles. The number of benzene rings is 1. The molecule has 1 aromatic heterocycles. The van der Waals surface area contributed by atoms with E-state index in [2.05, 4.69) is 10.3 Å². The second kappa shape index (κ2) is 5.05. The molecule has 3 rings (SSSR count). The Morgan fingerprint density at radius 1 is 1.42 bits per heavy atom. The van der Waals surface area contributed by atoms with Gasteiger partial charge in [0.1, 0.15) is 11.6 Å². The van der Waals surface area contributed by atoms with Crippen LogP contribution in [0, 0.1) is 5.92 Å². The van der Waals surface area contributed by atoms with E-state index >= 15 is 0 Å². The Kier molecular flexibility index (Phi) is 3.25. The minimum atomic E-state index is 0.225. The number of nitrogens with zero attached hydrogens (tertiary/aromatic N) is 1. The molecule has 0 aliphatic heterocycles. The number of anilines is 1. The molecule has 1 atom stereocenters. The molecule has 1 aliphatic carbocycles.